The number of hydrogen-bond donors (Lipinski definition) is 2. The Morgan fingerprint density at radius 1 is 1.41 bits per heavy atom. The molecule has 1 atom stereocenters. The number of benzene rings is 1. The Kier molecular flexibility index (Phi) is 5.44. The number of carboxylic acids is 1. The number of nitro benzene ring substituents is 1. The minimum Gasteiger partial charge on any atom is -0.490 e. The summed E-state index contributed by atoms with van der Waals surface area (Å²) >= 11 is 0. The van der Waals surface area contributed by atoms with Crippen LogP contribution in [0.5, 0.6) is 5.75 Å². The van der Waals surface area contributed by atoms with Crippen molar-refractivity contribution in [3.63, 3.8) is 0 Å². The molecule has 0 fully saturated rings. The molecular formula is C12H16N2O7S. The molecule has 22 heavy (non-hydrogen) atoms. The Bertz CT molecular complexity index is 685. The van der Waals surface area contributed by atoms with E-state index in [0.717, 1.165) is 18.2 Å². The summed E-state index contributed by atoms with van der Waals surface area (Å²) in [5, 5.41) is 19.9. The molecule has 0 amide bonds. The van der Waals surface area contributed by atoms with Gasteiger partial charge in [-0.05, 0) is 18.1 Å². The lowest BCUT2D eigenvalue weighted by Crippen LogP contribution is -2.44. The van der Waals surface area contributed by atoms with Crippen LogP contribution in [0.25, 0.3) is 0 Å². The van der Waals surface area contributed by atoms with Gasteiger partial charge in [-0.1, -0.05) is 13.8 Å². The van der Waals surface area contributed by atoms with Crippen LogP contribution in [0, 0.1) is 16.0 Å². The van der Waals surface area contributed by atoms with Crippen molar-refractivity contribution in [3.05, 3.63) is 28.3 Å². The average molecular weight is 332 g/mol. The number of nitrogens with one attached hydrogen (secondary N) is 1. The molecule has 0 unspecified atom stereocenters. The molecule has 10 heteroatoms. The summed E-state index contributed by atoms with van der Waals surface area (Å²) in [5.41, 5.74) is -0.526. The van der Waals surface area contributed by atoms with Crippen LogP contribution in [0.2, 0.25) is 0 Å². The fourth-order valence-electron chi connectivity index (χ4n) is 1.69. The minimum absolute atomic E-state index is 0.0948. The molecule has 9 nitrogen and oxygen atoms in total. The summed E-state index contributed by atoms with van der Waals surface area (Å²) in [6.07, 6.45) is 0. The summed E-state index contributed by atoms with van der Waals surface area (Å²) in [7, 11) is -3.01. The third-order valence-corrected chi connectivity index (χ3v) is 4.31. The topological polar surface area (TPSA) is 136 Å². The van der Waals surface area contributed by atoms with E-state index in [9.17, 15) is 23.3 Å². The third-order valence-electron chi connectivity index (χ3n) is 2.87. The predicted octanol–water partition coefficient (Wildman–Crippen LogP) is 0.991. The second-order valence-corrected chi connectivity index (χ2v) is 6.49. The van der Waals surface area contributed by atoms with E-state index in [4.69, 9.17) is 9.84 Å². The van der Waals surface area contributed by atoms with E-state index in [1.54, 1.807) is 0 Å². The number of nitro groups is 1. The van der Waals surface area contributed by atoms with Crippen molar-refractivity contribution in [2.24, 2.45) is 5.92 Å². The number of carboxylic acid groups (broad SMARTS) is 1. The van der Waals surface area contributed by atoms with E-state index in [-0.39, 0.29) is 5.75 Å². The molecule has 0 aromatic heterocycles. The predicted molar refractivity (Wildman–Crippen MR) is 76.2 cm³/mol. The molecule has 122 valence electrons. The van der Waals surface area contributed by atoms with Crippen molar-refractivity contribution in [3.8, 4) is 5.75 Å². The normalized spacial score (nSPS) is 12.9. The molecule has 0 aliphatic carbocycles. The highest BCUT2D eigenvalue weighted by Crippen LogP contribution is 2.29. The highest BCUT2D eigenvalue weighted by Gasteiger charge is 2.29. The molecule has 2 N–H and O–H groups in total. The molecule has 0 radical (unpaired) electrons. The van der Waals surface area contributed by atoms with E-state index >= 15 is 0 Å². The van der Waals surface area contributed by atoms with Crippen molar-refractivity contribution >= 4 is 21.7 Å². The first kappa shape index (κ1) is 17.9. The number of methoxy groups -OCH3 is 1. The lowest BCUT2D eigenvalue weighted by Gasteiger charge is -2.18. The number of ether oxygens (including phenoxy) is 1. The zero-order valence-corrected chi connectivity index (χ0v) is 13.0. The van der Waals surface area contributed by atoms with Gasteiger partial charge in [0, 0.05) is 6.07 Å². The van der Waals surface area contributed by atoms with Gasteiger partial charge >= 0.3 is 11.7 Å². The van der Waals surface area contributed by atoms with Gasteiger partial charge in [0.1, 0.15) is 6.04 Å². The van der Waals surface area contributed by atoms with Gasteiger partial charge in [-0.15, -0.1) is 0 Å². The molecular weight excluding hydrogens is 316 g/mol. The fraction of sp³-hybridized carbons (Fsp3) is 0.417. The maximum Gasteiger partial charge on any atom is 0.322 e. The number of hydrogen-bond acceptors (Lipinski definition) is 6. The van der Waals surface area contributed by atoms with E-state index in [1.165, 1.54) is 21.0 Å². The van der Waals surface area contributed by atoms with Gasteiger partial charge in [-0.25, -0.2) is 8.42 Å². The van der Waals surface area contributed by atoms with Crippen molar-refractivity contribution < 1.29 is 28.0 Å². The highest BCUT2D eigenvalue weighted by molar-refractivity contribution is 7.89. The van der Waals surface area contributed by atoms with E-state index in [1.807, 2.05) is 4.72 Å². The molecule has 0 saturated heterocycles. The zero-order valence-electron chi connectivity index (χ0n) is 12.1. The standard InChI is InChI=1S/C12H16N2O7S/c1-7(2)11(12(15)16)13-22(19,20)8-4-5-10(21-3)9(6-8)14(17)18/h4-7,11,13H,1-3H3,(H,15,16)/t11-/m0/s1. The maximum absolute atomic E-state index is 12.2. The smallest absolute Gasteiger partial charge is 0.322 e. The number of rotatable bonds is 7. The molecule has 0 heterocycles. The minimum atomic E-state index is -4.22. The first-order valence-electron chi connectivity index (χ1n) is 6.17. The van der Waals surface area contributed by atoms with Crippen molar-refractivity contribution in [2.75, 3.05) is 7.11 Å². The summed E-state index contributed by atoms with van der Waals surface area (Å²) in [6, 6.07) is 1.72. The summed E-state index contributed by atoms with van der Waals surface area (Å²) in [4.78, 5) is 20.8. The van der Waals surface area contributed by atoms with Gasteiger partial charge in [-0.2, -0.15) is 4.72 Å². The van der Waals surface area contributed by atoms with E-state index < -0.39 is 43.5 Å². The van der Waals surface area contributed by atoms with Crippen LogP contribution in [0.1, 0.15) is 13.8 Å². The van der Waals surface area contributed by atoms with Crippen LogP contribution < -0.4 is 9.46 Å². The van der Waals surface area contributed by atoms with Crippen molar-refractivity contribution in [2.45, 2.75) is 24.8 Å². The SMILES string of the molecule is COc1ccc(S(=O)(=O)N[C@H](C(=O)O)C(C)C)cc1[N+](=O)[O-]. The first-order valence-corrected chi connectivity index (χ1v) is 7.66. The Hall–Kier alpha value is -2.20. The summed E-state index contributed by atoms with van der Waals surface area (Å²) in [5.74, 6) is -1.93. The van der Waals surface area contributed by atoms with E-state index in [2.05, 4.69) is 0 Å². The van der Waals surface area contributed by atoms with Gasteiger partial charge in [0.25, 0.3) is 0 Å². The molecule has 1 aromatic rings. The molecule has 1 aromatic carbocycles. The van der Waals surface area contributed by atoms with Crippen LogP contribution in [-0.2, 0) is 14.8 Å². The number of carbonyl (C=O) groups is 1. The first-order chi connectivity index (χ1) is 10.1. The number of aliphatic carboxylic acids is 1. The maximum atomic E-state index is 12.2. The van der Waals surface area contributed by atoms with Crippen molar-refractivity contribution in [1.82, 2.24) is 4.72 Å². The molecule has 0 saturated carbocycles. The van der Waals surface area contributed by atoms with Gasteiger partial charge in [0.15, 0.2) is 5.75 Å². The molecule has 0 aliphatic heterocycles. The Balaban J connectivity index is 3.26. The Morgan fingerprint density at radius 3 is 2.41 bits per heavy atom. The Morgan fingerprint density at radius 2 is 2.00 bits per heavy atom. The zero-order chi connectivity index (χ0) is 17.1. The lowest BCUT2D eigenvalue weighted by atomic mass is 10.1. The average Bonchev–Trinajstić information content (AvgIpc) is 2.43. The van der Waals surface area contributed by atoms with Crippen LogP contribution in [0.4, 0.5) is 5.69 Å². The quantitative estimate of drug-likeness (QED) is 0.561. The molecule has 0 bridgehead atoms. The summed E-state index contributed by atoms with van der Waals surface area (Å²) < 4.78 is 31.2. The summed E-state index contributed by atoms with van der Waals surface area (Å²) in [6.45, 7) is 3.08. The molecule has 0 spiro atoms. The molecule has 1 rings (SSSR count). The van der Waals surface area contributed by atoms with Gasteiger partial charge in [0.2, 0.25) is 10.0 Å². The Labute approximate surface area is 127 Å². The van der Waals surface area contributed by atoms with Crippen LogP contribution in [-0.4, -0.2) is 37.6 Å². The second kappa shape index (κ2) is 6.71. The van der Waals surface area contributed by atoms with Crippen LogP contribution in [0.15, 0.2) is 23.1 Å². The van der Waals surface area contributed by atoms with Crippen LogP contribution >= 0.6 is 0 Å². The molecule has 0 aliphatic rings. The van der Waals surface area contributed by atoms with E-state index in [0.29, 0.717) is 0 Å². The monoisotopic (exact) mass is 332 g/mol. The van der Waals surface area contributed by atoms with Gasteiger partial charge in [-0.3, -0.25) is 14.9 Å². The third kappa shape index (κ3) is 3.92. The van der Waals surface area contributed by atoms with Crippen LogP contribution in [0.3, 0.4) is 0 Å². The highest BCUT2D eigenvalue weighted by atomic mass is 32.2. The second-order valence-electron chi connectivity index (χ2n) is 4.77. The lowest BCUT2D eigenvalue weighted by molar-refractivity contribution is -0.386. The van der Waals surface area contributed by atoms with Gasteiger partial charge in [0.05, 0.1) is 16.9 Å². The van der Waals surface area contributed by atoms with Gasteiger partial charge < -0.3 is 9.84 Å². The number of nitrogens with zero attached hydrogens (tertiary/aromatic N) is 1. The fourth-order valence-corrected chi connectivity index (χ4v) is 3.04. The van der Waals surface area contributed by atoms with Crippen molar-refractivity contribution in [1.29, 1.82) is 0 Å². The number of sulfonamides is 1. The largest absolute Gasteiger partial charge is 0.490 e.